The Morgan fingerprint density at radius 3 is 2.76 bits per heavy atom. The van der Waals surface area contributed by atoms with Crippen molar-refractivity contribution in [2.24, 2.45) is 0 Å². The van der Waals surface area contributed by atoms with Crippen molar-refractivity contribution in [1.29, 1.82) is 0 Å². The zero-order chi connectivity index (χ0) is 14.8. The standard InChI is InChI=1S/C18H21NO2/c1-13(19-12-6-2-3-9-17(19)21)18-15-8-5-4-7-14(15)10-11-16(18)20/h4-5,7-8,10-11,13,20H,2-3,6,9,12H2,1H3. The molecule has 110 valence electrons. The summed E-state index contributed by atoms with van der Waals surface area (Å²) in [6.45, 7) is 2.80. The van der Waals surface area contributed by atoms with Gasteiger partial charge in [0.25, 0.3) is 0 Å². The van der Waals surface area contributed by atoms with E-state index in [0.717, 1.165) is 42.1 Å². The van der Waals surface area contributed by atoms with E-state index in [0.29, 0.717) is 6.42 Å². The second-order valence-corrected chi connectivity index (χ2v) is 5.79. The van der Waals surface area contributed by atoms with Crippen molar-refractivity contribution in [3.63, 3.8) is 0 Å². The highest BCUT2D eigenvalue weighted by atomic mass is 16.3. The molecule has 1 unspecified atom stereocenters. The zero-order valence-electron chi connectivity index (χ0n) is 12.4. The predicted octanol–water partition coefficient (Wildman–Crippen LogP) is 4.01. The maximum Gasteiger partial charge on any atom is 0.223 e. The van der Waals surface area contributed by atoms with Crippen molar-refractivity contribution < 1.29 is 9.90 Å². The van der Waals surface area contributed by atoms with Gasteiger partial charge >= 0.3 is 0 Å². The van der Waals surface area contributed by atoms with E-state index in [4.69, 9.17) is 0 Å². The minimum atomic E-state index is -0.0956. The van der Waals surface area contributed by atoms with Gasteiger partial charge in [0.15, 0.2) is 0 Å². The SMILES string of the molecule is CC(c1c(O)ccc2ccccc12)N1CCCCCC1=O. The van der Waals surface area contributed by atoms with Crippen LogP contribution >= 0.6 is 0 Å². The van der Waals surface area contributed by atoms with E-state index in [2.05, 4.69) is 0 Å². The van der Waals surface area contributed by atoms with Crippen LogP contribution in [0.5, 0.6) is 5.75 Å². The van der Waals surface area contributed by atoms with Crippen molar-refractivity contribution in [3.05, 3.63) is 42.0 Å². The summed E-state index contributed by atoms with van der Waals surface area (Å²) in [4.78, 5) is 14.2. The number of nitrogens with zero attached hydrogens (tertiary/aromatic N) is 1. The molecule has 1 heterocycles. The van der Waals surface area contributed by atoms with Gasteiger partial charge in [-0.1, -0.05) is 36.8 Å². The van der Waals surface area contributed by atoms with Crippen molar-refractivity contribution in [1.82, 2.24) is 4.90 Å². The fourth-order valence-electron chi connectivity index (χ4n) is 3.29. The van der Waals surface area contributed by atoms with Gasteiger partial charge in [-0.2, -0.15) is 0 Å². The Balaban J connectivity index is 2.06. The molecule has 2 aromatic carbocycles. The van der Waals surface area contributed by atoms with Crippen LogP contribution in [-0.2, 0) is 4.79 Å². The molecule has 1 amide bonds. The molecule has 0 aromatic heterocycles. The van der Waals surface area contributed by atoms with Crippen LogP contribution in [0.1, 0.15) is 44.2 Å². The summed E-state index contributed by atoms with van der Waals surface area (Å²) >= 11 is 0. The first-order valence-electron chi connectivity index (χ1n) is 7.68. The van der Waals surface area contributed by atoms with Gasteiger partial charge in [-0.05, 0) is 36.6 Å². The Labute approximate surface area is 125 Å². The summed E-state index contributed by atoms with van der Waals surface area (Å²) in [5.74, 6) is 0.477. The molecule has 3 nitrogen and oxygen atoms in total. The zero-order valence-corrected chi connectivity index (χ0v) is 12.4. The number of carbonyl (C=O) groups is 1. The number of hydrogen-bond donors (Lipinski definition) is 1. The highest BCUT2D eigenvalue weighted by molar-refractivity contribution is 5.89. The van der Waals surface area contributed by atoms with Gasteiger partial charge in [0.05, 0.1) is 6.04 Å². The molecule has 1 N–H and O–H groups in total. The molecule has 0 saturated carbocycles. The van der Waals surface area contributed by atoms with E-state index in [-0.39, 0.29) is 17.7 Å². The molecular weight excluding hydrogens is 262 g/mol. The lowest BCUT2D eigenvalue weighted by atomic mass is 9.97. The number of amides is 1. The number of likely N-dealkylation sites (tertiary alicyclic amines) is 1. The number of rotatable bonds is 2. The molecule has 3 heteroatoms. The normalized spacial score (nSPS) is 17.8. The van der Waals surface area contributed by atoms with Crippen LogP contribution in [0.4, 0.5) is 0 Å². The lowest BCUT2D eigenvalue weighted by Crippen LogP contribution is -2.33. The van der Waals surface area contributed by atoms with Gasteiger partial charge < -0.3 is 10.0 Å². The summed E-state index contributed by atoms with van der Waals surface area (Å²) in [6.07, 6.45) is 3.75. The molecule has 2 aromatic rings. The van der Waals surface area contributed by atoms with Crippen LogP contribution in [0.15, 0.2) is 36.4 Å². The summed E-state index contributed by atoms with van der Waals surface area (Å²) in [5, 5.41) is 12.5. The number of benzene rings is 2. The van der Waals surface area contributed by atoms with Crippen LogP contribution in [0, 0.1) is 0 Å². The molecule has 21 heavy (non-hydrogen) atoms. The largest absolute Gasteiger partial charge is 0.508 e. The fraction of sp³-hybridized carbons (Fsp3) is 0.389. The Bertz CT molecular complexity index is 665. The lowest BCUT2D eigenvalue weighted by molar-refractivity contribution is -0.132. The summed E-state index contributed by atoms with van der Waals surface area (Å²) in [5.41, 5.74) is 0.864. The van der Waals surface area contributed by atoms with E-state index in [1.54, 1.807) is 6.07 Å². The van der Waals surface area contributed by atoms with E-state index in [9.17, 15) is 9.90 Å². The Kier molecular flexibility index (Phi) is 3.82. The van der Waals surface area contributed by atoms with Gasteiger partial charge in [0, 0.05) is 18.5 Å². The molecule has 0 bridgehead atoms. The average molecular weight is 283 g/mol. The average Bonchev–Trinajstić information content (AvgIpc) is 2.71. The van der Waals surface area contributed by atoms with Gasteiger partial charge in [-0.3, -0.25) is 4.79 Å². The second-order valence-electron chi connectivity index (χ2n) is 5.79. The van der Waals surface area contributed by atoms with E-state index in [1.165, 1.54) is 0 Å². The number of fused-ring (bicyclic) bond motifs is 1. The van der Waals surface area contributed by atoms with E-state index >= 15 is 0 Å². The third-order valence-electron chi connectivity index (χ3n) is 4.44. The second kappa shape index (κ2) is 5.76. The molecule has 1 aliphatic rings. The van der Waals surface area contributed by atoms with Gasteiger partial charge in [-0.15, -0.1) is 0 Å². The molecule has 3 rings (SSSR count). The minimum absolute atomic E-state index is 0.0956. The molecule has 1 fully saturated rings. The number of hydrogen-bond acceptors (Lipinski definition) is 2. The van der Waals surface area contributed by atoms with Crippen LogP contribution in [0.3, 0.4) is 0 Å². The predicted molar refractivity (Wildman–Crippen MR) is 84.2 cm³/mol. The molecule has 1 saturated heterocycles. The highest BCUT2D eigenvalue weighted by Crippen LogP contribution is 2.36. The van der Waals surface area contributed by atoms with Crippen LogP contribution < -0.4 is 0 Å². The van der Waals surface area contributed by atoms with Crippen molar-refractivity contribution >= 4 is 16.7 Å². The minimum Gasteiger partial charge on any atom is -0.508 e. The summed E-state index contributed by atoms with van der Waals surface area (Å²) < 4.78 is 0. The van der Waals surface area contributed by atoms with Gasteiger partial charge in [0.1, 0.15) is 5.75 Å². The lowest BCUT2D eigenvalue weighted by Gasteiger charge is -2.29. The third kappa shape index (κ3) is 2.60. The Morgan fingerprint density at radius 2 is 1.90 bits per heavy atom. The quantitative estimate of drug-likeness (QED) is 0.904. The summed E-state index contributed by atoms with van der Waals surface area (Å²) in [7, 11) is 0. The maximum atomic E-state index is 12.3. The van der Waals surface area contributed by atoms with Crippen LogP contribution in [0.2, 0.25) is 0 Å². The monoisotopic (exact) mass is 283 g/mol. The first kappa shape index (κ1) is 13.9. The molecule has 0 aliphatic carbocycles. The Hall–Kier alpha value is -2.03. The van der Waals surface area contributed by atoms with Gasteiger partial charge in [0.2, 0.25) is 5.91 Å². The first-order chi connectivity index (χ1) is 10.2. The highest BCUT2D eigenvalue weighted by Gasteiger charge is 2.25. The van der Waals surface area contributed by atoms with Crippen molar-refractivity contribution in [3.8, 4) is 5.75 Å². The molecule has 1 atom stereocenters. The van der Waals surface area contributed by atoms with Crippen LogP contribution in [0.25, 0.3) is 10.8 Å². The third-order valence-corrected chi connectivity index (χ3v) is 4.44. The smallest absolute Gasteiger partial charge is 0.223 e. The van der Waals surface area contributed by atoms with E-state index < -0.39 is 0 Å². The Morgan fingerprint density at radius 1 is 1.10 bits per heavy atom. The molecule has 1 aliphatic heterocycles. The molecular formula is C18H21NO2. The van der Waals surface area contributed by atoms with Crippen molar-refractivity contribution in [2.75, 3.05) is 6.54 Å². The van der Waals surface area contributed by atoms with E-state index in [1.807, 2.05) is 42.2 Å². The van der Waals surface area contributed by atoms with Crippen LogP contribution in [-0.4, -0.2) is 22.5 Å². The number of phenols is 1. The molecule has 0 spiro atoms. The van der Waals surface area contributed by atoms with Gasteiger partial charge in [-0.25, -0.2) is 0 Å². The topological polar surface area (TPSA) is 40.5 Å². The number of phenolic OH excluding ortho intramolecular Hbond substituents is 1. The number of aromatic hydroxyl groups is 1. The number of carbonyl (C=O) groups excluding carboxylic acids is 1. The molecule has 0 radical (unpaired) electrons. The summed E-state index contributed by atoms with van der Waals surface area (Å²) in [6, 6.07) is 11.6. The maximum absolute atomic E-state index is 12.3. The van der Waals surface area contributed by atoms with Crippen molar-refractivity contribution in [2.45, 2.75) is 38.6 Å². The first-order valence-corrected chi connectivity index (χ1v) is 7.68. The fourth-order valence-corrected chi connectivity index (χ4v) is 3.29.